The molecule has 0 radical (unpaired) electrons. The minimum absolute atomic E-state index is 0.0252. The molecule has 0 unspecified atom stereocenters. The van der Waals surface area contributed by atoms with Crippen molar-refractivity contribution in [2.75, 3.05) is 19.0 Å². The number of anilines is 1. The maximum atomic E-state index is 12.4. The number of nitrogens with zero attached hydrogens (tertiary/aromatic N) is 1. The summed E-state index contributed by atoms with van der Waals surface area (Å²) in [4.78, 5) is 38.1. The summed E-state index contributed by atoms with van der Waals surface area (Å²) < 4.78 is 5.22. The van der Waals surface area contributed by atoms with Crippen LogP contribution in [-0.2, 0) is 4.79 Å². The molecule has 0 fully saturated rings. The number of hydrogen-bond donors (Lipinski definition) is 1. The third-order valence-corrected chi connectivity index (χ3v) is 4.45. The van der Waals surface area contributed by atoms with Gasteiger partial charge in [0.2, 0.25) is 5.91 Å². The van der Waals surface area contributed by atoms with Crippen molar-refractivity contribution in [1.29, 1.82) is 0 Å². The summed E-state index contributed by atoms with van der Waals surface area (Å²) in [6.45, 7) is 1.88. The van der Waals surface area contributed by atoms with Gasteiger partial charge in [-0.15, -0.1) is 0 Å². The van der Waals surface area contributed by atoms with E-state index in [0.717, 1.165) is 10.5 Å². The van der Waals surface area contributed by atoms with E-state index in [0.29, 0.717) is 11.4 Å². The van der Waals surface area contributed by atoms with E-state index in [4.69, 9.17) is 16.3 Å². The van der Waals surface area contributed by atoms with E-state index in [1.165, 1.54) is 7.11 Å². The Kier molecular flexibility index (Phi) is 4.95. The smallest absolute Gasteiger partial charge is 0.263 e. The molecular formula is C19H17ClN2O4. The van der Waals surface area contributed by atoms with Gasteiger partial charge in [-0.25, -0.2) is 0 Å². The van der Waals surface area contributed by atoms with Crippen molar-refractivity contribution in [3.05, 3.63) is 58.1 Å². The number of carbonyl (C=O) groups is 3. The molecule has 0 aliphatic carbocycles. The number of halogens is 1. The Hall–Kier alpha value is -2.86. The van der Waals surface area contributed by atoms with Crippen LogP contribution in [0.3, 0.4) is 0 Å². The molecule has 1 heterocycles. The first-order chi connectivity index (χ1) is 12.4. The van der Waals surface area contributed by atoms with Crippen molar-refractivity contribution in [2.24, 2.45) is 0 Å². The Balaban J connectivity index is 1.68. The van der Waals surface area contributed by atoms with Crippen molar-refractivity contribution in [1.82, 2.24) is 4.90 Å². The Bertz CT molecular complexity index is 910. The van der Waals surface area contributed by atoms with Crippen LogP contribution in [-0.4, -0.2) is 36.3 Å². The highest BCUT2D eigenvalue weighted by molar-refractivity contribution is 6.37. The van der Waals surface area contributed by atoms with Gasteiger partial charge in [0.25, 0.3) is 11.8 Å². The average molecular weight is 373 g/mol. The fourth-order valence-corrected chi connectivity index (χ4v) is 3.10. The molecule has 7 heteroatoms. The molecule has 3 amide bonds. The van der Waals surface area contributed by atoms with Gasteiger partial charge in [-0.3, -0.25) is 19.3 Å². The number of benzene rings is 2. The van der Waals surface area contributed by atoms with E-state index in [1.807, 2.05) is 13.0 Å². The van der Waals surface area contributed by atoms with Crippen LogP contribution in [0.4, 0.5) is 5.69 Å². The molecule has 26 heavy (non-hydrogen) atoms. The molecule has 0 aromatic heterocycles. The first-order valence-electron chi connectivity index (χ1n) is 8.01. The van der Waals surface area contributed by atoms with Gasteiger partial charge in [0.1, 0.15) is 5.75 Å². The SMILES string of the molecule is COc1ccc(C)cc1NC(=O)CCN1C(=O)c2cccc(Cl)c2C1=O. The standard InChI is InChI=1S/C19H17ClN2O4/c1-11-6-7-15(26-2)14(10-11)21-16(23)8-9-22-18(24)12-4-3-5-13(20)17(12)19(22)25/h3-7,10H,8-9H2,1-2H3,(H,21,23). The molecule has 2 aromatic rings. The van der Waals surface area contributed by atoms with Crippen molar-refractivity contribution in [3.8, 4) is 5.75 Å². The lowest BCUT2D eigenvalue weighted by atomic mass is 10.1. The number of nitrogens with one attached hydrogen (secondary N) is 1. The van der Waals surface area contributed by atoms with Crippen molar-refractivity contribution < 1.29 is 19.1 Å². The first kappa shape index (κ1) is 17.9. The van der Waals surface area contributed by atoms with Gasteiger partial charge >= 0.3 is 0 Å². The van der Waals surface area contributed by atoms with Crippen LogP contribution in [0, 0.1) is 6.92 Å². The van der Waals surface area contributed by atoms with Gasteiger partial charge in [-0.1, -0.05) is 23.7 Å². The molecule has 0 bridgehead atoms. The maximum Gasteiger partial charge on any atom is 0.263 e. The normalized spacial score (nSPS) is 13.0. The monoisotopic (exact) mass is 372 g/mol. The highest BCUT2D eigenvalue weighted by atomic mass is 35.5. The second-order valence-electron chi connectivity index (χ2n) is 5.93. The molecule has 0 spiro atoms. The highest BCUT2D eigenvalue weighted by Crippen LogP contribution is 2.29. The topological polar surface area (TPSA) is 75.7 Å². The van der Waals surface area contributed by atoms with E-state index < -0.39 is 11.8 Å². The van der Waals surface area contributed by atoms with Crippen LogP contribution in [0.1, 0.15) is 32.7 Å². The van der Waals surface area contributed by atoms with Gasteiger partial charge < -0.3 is 10.1 Å². The largest absolute Gasteiger partial charge is 0.495 e. The summed E-state index contributed by atoms with van der Waals surface area (Å²) in [7, 11) is 1.52. The zero-order chi connectivity index (χ0) is 18.8. The number of hydrogen-bond acceptors (Lipinski definition) is 4. The molecule has 1 aliphatic heterocycles. The molecule has 6 nitrogen and oxygen atoms in total. The Morgan fingerprint density at radius 1 is 1.19 bits per heavy atom. The molecule has 3 rings (SSSR count). The maximum absolute atomic E-state index is 12.4. The lowest BCUT2D eigenvalue weighted by Crippen LogP contribution is -2.33. The summed E-state index contributed by atoms with van der Waals surface area (Å²) in [5, 5.41) is 2.98. The predicted molar refractivity (Wildman–Crippen MR) is 97.8 cm³/mol. The van der Waals surface area contributed by atoms with Gasteiger partial charge in [0, 0.05) is 13.0 Å². The number of aryl methyl sites for hydroxylation is 1. The second kappa shape index (κ2) is 7.17. The van der Waals surface area contributed by atoms with E-state index in [9.17, 15) is 14.4 Å². The van der Waals surface area contributed by atoms with Crippen molar-refractivity contribution in [2.45, 2.75) is 13.3 Å². The number of imide groups is 1. The first-order valence-corrected chi connectivity index (χ1v) is 8.39. The molecular weight excluding hydrogens is 356 g/mol. The fraction of sp³-hybridized carbons (Fsp3) is 0.211. The number of amides is 3. The molecule has 134 valence electrons. The zero-order valence-electron chi connectivity index (χ0n) is 14.3. The fourth-order valence-electron chi connectivity index (χ4n) is 2.84. The zero-order valence-corrected chi connectivity index (χ0v) is 15.1. The van der Waals surface area contributed by atoms with Crippen LogP contribution in [0.25, 0.3) is 0 Å². The van der Waals surface area contributed by atoms with Crippen molar-refractivity contribution in [3.63, 3.8) is 0 Å². The lowest BCUT2D eigenvalue weighted by Gasteiger charge is -2.15. The molecule has 0 saturated carbocycles. The molecule has 1 aliphatic rings. The van der Waals surface area contributed by atoms with Crippen LogP contribution in [0.2, 0.25) is 5.02 Å². The number of rotatable bonds is 5. The minimum Gasteiger partial charge on any atom is -0.495 e. The highest BCUT2D eigenvalue weighted by Gasteiger charge is 2.37. The summed E-state index contributed by atoms with van der Waals surface area (Å²) in [5.74, 6) is -0.696. The number of methoxy groups -OCH3 is 1. The van der Waals surface area contributed by atoms with Gasteiger partial charge in [0.15, 0.2) is 0 Å². The summed E-state index contributed by atoms with van der Waals surface area (Å²) in [6.07, 6.45) is -0.0276. The molecule has 0 saturated heterocycles. The Morgan fingerprint density at radius 3 is 2.65 bits per heavy atom. The summed E-state index contributed by atoms with van der Waals surface area (Å²) >= 11 is 6.02. The van der Waals surface area contributed by atoms with Crippen LogP contribution < -0.4 is 10.1 Å². The van der Waals surface area contributed by atoms with Gasteiger partial charge in [-0.2, -0.15) is 0 Å². The number of fused-ring (bicyclic) bond motifs is 1. The summed E-state index contributed by atoms with van der Waals surface area (Å²) in [6, 6.07) is 10.2. The van der Waals surface area contributed by atoms with E-state index in [2.05, 4.69) is 5.32 Å². The lowest BCUT2D eigenvalue weighted by molar-refractivity contribution is -0.116. The number of ether oxygens (including phenoxy) is 1. The summed E-state index contributed by atoms with van der Waals surface area (Å²) in [5.41, 5.74) is 1.97. The van der Waals surface area contributed by atoms with E-state index in [-0.39, 0.29) is 35.0 Å². The Morgan fingerprint density at radius 2 is 1.96 bits per heavy atom. The van der Waals surface area contributed by atoms with Crippen LogP contribution >= 0.6 is 11.6 Å². The van der Waals surface area contributed by atoms with Gasteiger partial charge in [-0.05, 0) is 36.8 Å². The van der Waals surface area contributed by atoms with Crippen LogP contribution in [0.5, 0.6) is 5.75 Å². The average Bonchev–Trinajstić information content (AvgIpc) is 2.85. The number of carbonyl (C=O) groups excluding carboxylic acids is 3. The third-order valence-electron chi connectivity index (χ3n) is 4.14. The van der Waals surface area contributed by atoms with E-state index >= 15 is 0 Å². The second-order valence-corrected chi connectivity index (χ2v) is 6.33. The minimum atomic E-state index is -0.475. The third kappa shape index (κ3) is 3.28. The molecule has 2 aromatic carbocycles. The molecule has 0 atom stereocenters. The quantitative estimate of drug-likeness (QED) is 0.817. The molecule has 1 N–H and O–H groups in total. The van der Waals surface area contributed by atoms with E-state index in [1.54, 1.807) is 30.3 Å². The Labute approximate surface area is 155 Å². The van der Waals surface area contributed by atoms with Crippen molar-refractivity contribution >= 4 is 35.0 Å². The van der Waals surface area contributed by atoms with Gasteiger partial charge in [0.05, 0.1) is 28.9 Å². The van der Waals surface area contributed by atoms with Crippen LogP contribution in [0.15, 0.2) is 36.4 Å². The predicted octanol–water partition coefficient (Wildman–Crippen LogP) is 3.28.